The van der Waals surface area contributed by atoms with Crippen molar-refractivity contribution in [3.05, 3.63) is 35.4 Å². The van der Waals surface area contributed by atoms with Gasteiger partial charge in [-0.25, -0.2) is 0 Å². The van der Waals surface area contributed by atoms with E-state index in [1.54, 1.807) is 12.1 Å². The van der Waals surface area contributed by atoms with Gasteiger partial charge in [0.1, 0.15) is 0 Å². The number of nitriles is 1. The molecule has 1 saturated carbocycles. The van der Waals surface area contributed by atoms with Gasteiger partial charge in [-0.1, -0.05) is 18.6 Å². The van der Waals surface area contributed by atoms with E-state index < -0.39 is 0 Å². The van der Waals surface area contributed by atoms with E-state index in [9.17, 15) is 4.79 Å². The molecular formula is C17H21N3O. The Kier molecular flexibility index (Phi) is 3.94. The predicted molar refractivity (Wildman–Crippen MR) is 80.3 cm³/mol. The number of rotatable bonds is 3. The maximum Gasteiger partial charge on any atom is 0.237 e. The lowest BCUT2D eigenvalue weighted by molar-refractivity contribution is -0.124. The highest BCUT2D eigenvalue weighted by molar-refractivity contribution is 5.83. The molecule has 4 atom stereocenters. The van der Waals surface area contributed by atoms with Crippen molar-refractivity contribution in [2.24, 2.45) is 11.8 Å². The van der Waals surface area contributed by atoms with E-state index in [-0.39, 0.29) is 18.0 Å². The number of nitrogens with one attached hydrogen (secondary N) is 2. The normalized spacial score (nSPS) is 28.7. The van der Waals surface area contributed by atoms with Crippen LogP contribution in [0.5, 0.6) is 0 Å². The molecule has 4 heteroatoms. The molecule has 3 rings (SSSR count). The van der Waals surface area contributed by atoms with E-state index in [0.29, 0.717) is 17.4 Å². The number of nitrogens with zero attached hydrogens (tertiary/aromatic N) is 1. The largest absolute Gasteiger partial charge is 0.348 e. The van der Waals surface area contributed by atoms with Gasteiger partial charge in [0.25, 0.3) is 0 Å². The Labute approximate surface area is 125 Å². The third kappa shape index (κ3) is 2.79. The molecule has 0 radical (unpaired) electrons. The van der Waals surface area contributed by atoms with E-state index in [4.69, 9.17) is 5.26 Å². The summed E-state index contributed by atoms with van der Waals surface area (Å²) in [6, 6.07) is 9.44. The Morgan fingerprint density at radius 2 is 2.14 bits per heavy atom. The zero-order valence-electron chi connectivity index (χ0n) is 12.3. The lowest BCUT2D eigenvalue weighted by Gasteiger charge is -2.21. The molecule has 1 aliphatic carbocycles. The molecule has 110 valence electrons. The highest BCUT2D eigenvalue weighted by Gasteiger charge is 2.42. The predicted octanol–water partition coefficient (Wildman–Crippen LogP) is 2.12. The zero-order chi connectivity index (χ0) is 14.8. The fourth-order valence-corrected chi connectivity index (χ4v) is 3.71. The summed E-state index contributed by atoms with van der Waals surface area (Å²) in [7, 11) is 0. The summed E-state index contributed by atoms with van der Waals surface area (Å²) in [4.78, 5) is 12.5. The van der Waals surface area contributed by atoms with Crippen molar-refractivity contribution in [1.29, 1.82) is 5.26 Å². The molecule has 0 bridgehead atoms. The molecule has 1 aromatic rings. The molecule has 1 amide bonds. The van der Waals surface area contributed by atoms with Crippen LogP contribution in [0.3, 0.4) is 0 Å². The Hall–Kier alpha value is -1.86. The summed E-state index contributed by atoms with van der Waals surface area (Å²) < 4.78 is 0. The van der Waals surface area contributed by atoms with Gasteiger partial charge in [0, 0.05) is 0 Å². The van der Waals surface area contributed by atoms with Crippen molar-refractivity contribution in [3.8, 4) is 6.07 Å². The van der Waals surface area contributed by atoms with E-state index >= 15 is 0 Å². The minimum Gasteiger partial charge on any atom is -0.348 e. The number of fused-ring (bicyclic) bond motifs is 1. The third-order valence-corrected chi connectivity index (χ3v) is 4.93. The maximum absolute atomic E-state index is 12.5. The monoisotopic (exact) mass is 283 g/mol. The second-order valence-electron chi connectivity index (χ2n) is 6.20. The number of hydrogen-bond donors (Lipinski definition) is 2. The molecule has 21 heavy (non-hydrogen) atoms. The van der Waals surface area contributed by atoms with E-state index in [1.807, 2.05) is 19.1 Å². The van der Waals surface area contributed by atoms with E-state index in [2.05, 4.69) is 16.7 Å². The number of benzene rings is 1. The lowest BCUT2D eigenvalue weighted by Crippen LogP contribution is -2.44. The summed E-state index contributed by atoms with van der Waals surface area (Å²) in [6.45, 7) is 2.97. The van der Waals surface area contributed by atoms with Crippen LogP contribution in [0.2, 0.25) is 0 Å². The molecule has 1 aromatic carbocycles. The molecule has 1 heterocycles. The molecule has 4 unspecified atom stereocenters. The fourth-order valence-electron chi connectivity index (χ4n) is 3.71. The van der Waals surface area contributed by atoms with Crippen LogP contribution in [0.1, 0.15) is 43.4 Å². The Morgan fingerprint density at radius 1 is 1.38 bits per heavy atom. The maximum atomic E-state index is 12.5. The Morgan fingerprint density at radius 3 is 2.86 bits per heavy atom. The molecule has 1 aliphatic heterocycles. The van der Waals surface area contributed by atoms with Gasteiger partial charge in [-0.15, -0.1) is 0 Å². The third-order valence-electron chi connectivity index (χ3n) is 4.93. The highest BCUT2D eigenvalue weighted by atomic mass is 16.2. The molecule has 2 N–H and O–H groups in total. The number of carbonyl (C=O) groups excluding carboxylic acids is 1. The molecule has 0 spiro atoms. The van der Waals surface area contributed by atoms with Gasteiger partial charge in [-0.3, -0.25) is 4.79 Å². The average molecular weight is 283 g/mol. The van der Waals surface area contributed by atoms with Gasteiger partial charge in [-0.2, -0.15) is 5.26 Å². The minimum absolute atomic E-state index is 0.0293. The van der Waals surface area contributed by atoms with Crippen molar-refractivity contribution < 1.29 is 4.79 Å². The first-order chi connectivity index (χ1) is 10.2. The summed E-state index contributed by atoms with van der Waals surface area (Å²) >= 11 is 0. The molecule has 2 aliphatic rings. The van der Waals surface area contributed by atoms with Gasteiger partial charge in [0.15, 0.2) is 0 Å². The summed E-state index contributed by atoms with van der Waals surface area (Å²) in [5.74, 6) is 1.31. The van der Waals surface area contributed by atoms with Crippen LogP contribution in [0.25, 0.3) is 0 Å². The van der Waals surface area contributed by atoms with Crippen LogP contribution in [0, 0.1) is 23.2 Å². The molecule has 1 saturated heterocycles. The smallest absolute Gasteiger partial charge is 0.237 e. The van der Waals surface area contributed by atoms with Crippen molar-refractivity contribution in [2.75, 3.05) is 6.54 Å². The number of amides is 1. The van der Waals surface area contributed by atoms with Gasteiger partial charge in [0.2, 0.25) is 5.91 Å². The Balaban J connectivity index is 1.62. The SMILES string of the molecule is CC(NC(=O)C1NCC2CCCC21)c1ccc(C#N)cc1. The van der Waals surface area contributed by atoms with Crippen LogP contribution in [-0.4, -0.2) is 18.5 Å². The highest BCUT2D eigenvalue weighted by Crippen LogP contribution is 2.37. The first-order valence-corrected chi connectivity index (χ1v) is 7.73. The molecule has 4 nitrogen and oxygen atoms in total. The number of carbonyl (C=O) groups is 1. The summed E-state index contributed by atoms with van der Waals surface area (Å²) in [6.07, 6.45) is 3.68. The first-order valence-electron chi connectivity index (χ1n) is 7.73. The van der Waals surface area contributed by atoms with Crippen LogP contribution >= 0.6 is 0 Å². The van der Waals surface area contributed by atoms with Crippen LogP contribution in [0.15, 0.2) is 24.3 Å². The summed E-state index contributed by atoms with van der Waals surface area (Å²) in [5.41, 5.74) is 1.67. The fraction of sp³-hybridized carbons (Fsp3) is 0.529. The lowest BCUT2D eigenvalue weighted by atomic mass is 9.93. The van der Waals surface area contributed by atoms with Gasteiger partial charge < -0.3 is 10.6 Å². The molecular weight excluding hydrogens is 262 g/mol. The van der Waals surface area contributed by atoms with Gasteiger partial charge >= 0.3 is 0 Å². The van der Waals surface area contributed by atoms with E-state index in [0.717, 1.165) is 12.1 Å². The quantitative estimate of drug-likeness (QED) is 0.893. The first kappa shape index (κ1) is 14.1. The topological polar surface area (TPSA) is 64.9 Å². The van der Waals surface area contributed by atoms with Crippen molar-refractivity contribution in [2.45, 2.75) is 38.3 Å². The van der Waals surface area contributed by atoms with Crippen molar-refractivity contribution in [1.82, 2.24) is 10.6 Å². The minimum atomic E-state index is -0.0347. The van der Waals surface area contributed by atoms with Crippen molar-refractivity contribution >= 4 is 5.91 Å². The van der Waals surface area contributed by atoms with Crippen molar-refractivity contribution in [3.63, 3.8) is 0 Å². The average Bonchev–Trinajstić information content (AvgIpc) is 3.09. The molecule has 0 aromatic heterocycles. The van der Waals surface area contributed by atoms with Crippen LogP contribution in [-0.2, 0) is 4.79 Å². The number of hydrogen-bond acceptors (Lipinski definition) is 3. The van der Waals surface area contributed by atoms with Crippen LogP contribution in [0.4, 0.5) is 0 Å². The van der Waals surface area contributed by atoms with E-state index in [1.165, 1.54) is 19.3 Å². The summed E-state index contributed by atoms with van der Waals surface area (Å²) in [5, 5.41) is 15.3. The Bertz CT molecular complexity index is 560. The molecule has 2 fully saturated rings. The van der Waals surface area contributed by atoms with Crippen LogP contribution < -0.4 is 10.6 Å². The van der Waals surface area contributed by atoms with Gasteiger partial charge in [-0.05, 0) is 55.8 Å². The second kappa shape index (κ2) is 5.87. The zero-order valence-corrected chi connectivity index (χ0v) is 12.3. The standard InChI is InChI=1S/C17H21N3O/c1-11(13-7-5-12(9-18)6-8-13)20-17(21)16-15-4-2-3-14(15)10-19-16/h5-8,11,14-16,19H,2-4,10H2,1H3,(H,20,21). The second-order valence-corrected chi connectivity index (χ2v) is 6.20. The van der Waals surface area contributed by atoms with Gasteiger partial charge in [0.05, 0.1) is 23.7 Å².